The molecule has 1 fully saturated rings. The first-order valence-corrected chi connectivity index (χ1v) is 5.92. The van der Waals surface area contributed by atoms with E-state index in [-0.39, 0.29) is 5.60 Å². The van der Waals surface area contributed by atoms with Gasteiger partial charge in [-0.05, 0) is 32.6 Å². The summed E-state index contributed by atoms with van der Waals surface area (Å²) in [7, 11) is 0. The molecule has 2 rings (SSSR count). The Morgan fingerprint density at radius 3 is 2.88 bits per heavy atom. The number of hydrogen-bond acceptors (Lipinski definition) is 4. The first-order valence-electron chi connectivity index (χ1n) is 5.92. The van der Waals surface area contributed by atoms with Gasteiger partial charge >= 0.3 is 0 Å². The fraction of sp³-hybridized carbons (Fsp3) is 0.667. The van der Waals surface area contributed by atoms with Gasteiger partial charge in [-0.2, -0.15) is 0 Å². The summed E-state index contributed by atoms with van der Waals surface area (Å²) in [5.41, 5.74) is 6.43. The van der Waals surface area contributed by atoms with E-state index in [0.717, 1.165) is 43.8 Å². The molecule has 2 heterocycles. The predicted octanol–water partition coefficient (Wildman–Crippen LogP) is 2.04. The first-order chi connectivity index (χ1) is 7.64. The average molecular weight is 221 g/mol. The van der Waals surface area contributed by atoms with Crippen molar-refractivity contribution < 1.29 is 4.74 Å². The molecule has 0 spiro atoms. The molecule has 4 heteroatoms. The van der Waals surface area contributed by atoms with Crippen molar-refractivity contribution >= 4 is 5.82 Å². The number of aryl methyl sites for hydroxylation is 1. The molecular weight excluding hydrogens is 202 g/mol. The topological polar surface area (TPSA) is 61.0 Å². The highest BCUT2D eigenvalue weighted by molar-refractivity contribution is 5.31. The Morgan fingerprint density at radius 2 is 2.25 bits per heavy atom. The zero-order valence-corrected chi connectivity index (χ0v) is 9.99. The molecule has 1 aliphatic heterocycles. The molecule has 1 unspecified atom stereocenters. The van der Waals surface area contributed by atoms with Gasteiger partial charge in [0, 0.05) is 18.4 Å². The third-order valence-corrected chi connectivity index (χ3v) is 3.10. The van der Waals surface area contributed by atoms with Gasteiger partial charge in [-0.15, -0.1) is 0 Å². The zero-order valence-electron chi connectivity index (χ0n) is 9.99. The van der Waals surface area contributed by atoms with Gasteiger partial charge < -0.3 is 10.5 Å². The first kappa shape index (κ1) is 11.3. The Labute approximate surface area is 96.2 Å². The number of hydrogen-bond donors (Lipinski definition) is 1. The van der Waals surface area contributed by atoms with Crippen LogP contribution in [0.25, 0.3) is 0 Å². The van der Waals surface area contributed by atoms with Crippen molar-refractivity contribution in [1.29, 1.82) is 0 Å². The molecule has 2 N–H and O–H groups in total. The maximum absolute atomic E-state index is 5.83. The van der Waals surface area contributed by atoms with Crippen molar-refractivity contribution in [3.8, 4) is 0 Å². The molecule has 0 amide bonds. The largest absolute Gasteiger partial charge is 0.384 e. The molecular formula is C12H19N3O. The molecule has 16 heavy (non-hydrogen) atoms. The van der Waals surface area contributed by atoms with E-state index in [4.69, 9.17) is 10.5 Å². The molecule has 1 saturated heterocycles. The van der Waals surface area contributed by atoms with Crippen LogP contribution >= 0.6 is 0 Å². The summed E-state index contributed by atoms with van der Waals surface area (Å²) >= 11 is 0. The van der Waals surface area contributed by atoms with Crippen LogP contribution in [0.1, 0.15) is 44.6 Å². The number of rotatable bonds is 2. The molecule has 88 valence electrons. The maximum Gasteiger partial charge on any atom is 0.162 e. The second kappa shape index (κ2) is 4.37. The molecule has 0 bridgehead atoms. The molecule has 4 nitrogen and oxygen atoms in total. The predicted molar refractivity (Wildman–Crippen MR) is 63.0 cm³/mol. The van der Waals surface area contributed by atoms with E-state index in [2.05, 4.69) is 23.8 Å². The van der Waals surface area contributed by atoms with Crippen LogP contribution in [0.4, 0.5) is 5.82 Å². The zero-order chi connectivity index (χ0) is 11.6. The smallest absolute Gasteiger partial charge is 0.162 e. The fourth-order valence-corrected chi connectivity index (χ4v) is 2.05. The fourth-order valence-electron chi connectivity index (χ4n) is 2.05. The minimum absolute atomic E-state index is 0.350. The SMILES string of the molecule is CCc1cc(N)nc(C2(C)CCCCO2)n1. The Hall–Kier alpha value is -1.16. The van der Waals surface area contributed by atoms with Gasteiger partial charge in [0.05, 0.1) is 0 Å². The number of aromatic nitrogens is 2. The Morgan fingerprint density at radius 1 is 1.44 bits per heavy atom. The number of anilines is 1. The summed E-state index contributed by atoms with van der Waals surface area (Å²) in [5, 5.41) is 0. The van der Waals surface area contributed by atoms with Crippen LogP contribution in [-0.2, 0) is 16.8 Å². The van der Waals surface area contributed by atoms with E-state index in [1.807, 2.05) is 6.07 Å². The Balaban J connectivity index is 2.34. The Bertz CT molecular complexity index is 373. The van der Waals surface area contributed by atoms with Crippen molar-refractivity contribution in [2.24, 2.45) is 0 Å². The third kappa shape index (κ3) is 2.16. The van der Waals surface area contributed by atoms with E-state index in [0.29, 0.717) is 5.82 Å². The average Bonchev–Trinajstić information content (AvgIpc) is 2.29. The van der Waals surface area contributed by atoms with Crippen LogP contribution in [0.5, 0.6) is 0 Å². The van der Waals surface area contributed by atoms with Crippen molar-refractivity contribution in [1.82, 2.24) is 9.97 Å². The lowest BCUT2D eigenvalue weighted by atomic mass is 9.95. The second-order valence-corrected chi connectivity index (χ2v) is 4.50. The van der Waals surface area contributed by atoms with Gasteiger partial charge in [-0.1, -0.05) is 6.92 Å². The number of nitrogens with zero attached hydrogens (tertiary/aromatic N) is 2. The van der Waals surface area contributed by atoms with Gasteiger partial charge in [0.2, 0.25) is 0 Å². The third-order valence-electron chi connectivity index (χ3n) is 3.10. The van der Waals surface area contributed by atoms with Gasteiger partial charge in [-0.25, -0.2) is 9.97 Å². The van der Waals surface area contributed by atoms with Gasteiger partial charge in [0.15, 0.2) is 5.82 Å². The molecule has 0 radical (unpaired) electrons. The second-order valence-electron chi connectivity index (χ2n) is 4.50. The van der Waals surface area contributed by atoms with Crippen molar-refractivity contribution in [3.63, 3.8) is 0 Å². The highest BCUT2D eigenvalue weighted by atomic mass is 16.5. The summed E-state index contributed by atoms with van der Waals surface area (Å²) in [6, 6.07) is 1.83. The molecule has 1 aliphatic rings. The van der Waals surface area contributed by atoms with Gasteiger partial charge in [0.1, 0.15) is 11.4 Å². The van der Waals surface area contributed by atoms with Crippen LogP contribution in [0.3, 0.4) is 0 Å². The highest BCUT2D eigenvalue weighted by Crippen LogP contribution is 2.32. The highest BCUT2D eigenvalue weighted by Gasteiger charge is 2.33. The van der Waals surface area contributed by atoms with Crippen molar-refractivity contribution in [2.45, 2.75) is 45.1 Å². The van der Waals surface area contributed by atoms with E-state index < -0.39 is 0 Å². The lowest BCUT2D eigenvalue weighted by molar-refractivity contribution is -0.0760. The monoisotopic (exact) mass is 221 g/mol. The van der Waals surface area contributed by atoms with Crippen LogP contribution in [0.2, 0.25) is 0 Å². The summed E-state index contributed by atoms with van der Waals surface area (Å²) in [6.45, 7) is 4.91. The van der Waals surface area contributed by atoms with Gasteiger partial charge in [0.25, 0.3) is 0 Å². The van der Waals surface area contributed by atoms with E-state index >= 15 is 0 Å². The molecule has 0 saturated carbocycles. The minimum Gasteiger partial charge on any atom is -0.384 e. The number of nitrogens with two attached hydrogens (primary N) is 1. The summed E-state index contributed by atoms with van der Waals surface area (Å²) < 4.78 is 5.83. The summed E-state index contributed by atoms with van der Waals surface area (Å²) in [6.07, 6.45) is 4.13. The van der Waals surface area contributed by atoms with Crippen molar-refractivity contribution in [3.05, 3.63) is 17.6 Å². The van der Waals surface area contributed by atoms with Crippen LogP contribution in [0.15, 0.2) is 6.07 Å². The van der Waals surface area contributed by atoms with Gasteiger partial charge in [-0.3, -0.25) is 0 Å². The molecule has 1 aromatic rings. The van der Waals surface area contributed by atoms with E-state index in [1.165, 1.54) is 0 Å². The quantitative estimate of drug-likeness (QED) is 0.830. The molecule has 0 aliphatic carbocycles. The van der Waals surface area contributed by atoms with Crippen LogP contribution in [-0.4, -0.2) is 16.6 Å². The maximum atomic E-state index is 5.83. The summed E-state index contributed by atoms with van der Waals surface area (Å²) in [5.74, 6) is 1.28. The molecule has 1 aromatic heterocycles. The van der Waals surface area contributed by atoms with Crippen LogP contribution < -0.4 is 5.73 Å². The Kier molecular flexibility index (Phi) is 3.10. The van der Waals surface area contributed by atoms with E-state index in [9.17, 15) is 0 Å². The minimum atomic E-state index is -0.350. The number of nitrogen functional groups attached to an aromatic ring is 1. The lowest BCUT2D eigenvalue weighted by Gasteiger charge is -2.32. The lowest BCUT2D eigenvalue weighted by Crippen LogP contribution is -2.32. The normalized spacial score (nSPS) is 25.6. The van der Waals surface area contributed by atoms with Crippen molar-refractivity contribution in [2.75, 3.05) is 12.3 Å². The summed E-state index contributed by atoms with van der Waals surface area (Å²) in [4.78, 5) is 8.85. The van der Waals surface area contributed by atoms with Crippen LogP contribution in [0, 0.1) is 0 Å². The standard InChI is InChI=1S/C12H19N3O/c1-3-9-8-10(13)15-11(14-9)12(2)6-4-5-7-16-12/h8H,3-7H2,1-2H3,(H2,13,14,15). The molecule has 1 atom stereocenters. The number of ether oxygens (including phenoxy) is 1. The van der Waals surface area contributed by atoms with E-state index in [1.54, 1.807) is 0 Å². The molecule has 0 aromatic carbocycles.